The van der Waals surface area contributed by atoms with E-state index in [2.05, 4.69) is 21.0 Å². The molecule has 7 nitrogen and oxygen atoms in total. The number of carbonyl (C=O) groups excluding carboxylic acids is 2. The van der Waals surface area contributed by atoms with E-state index in [1.807, 2.05) is 0 Å². The number of nitrogens with two attached hydrogens (primary N) is 1. The van der Waals surface area contributed by atoms with Gasteiger partial charge in [-0.1, -0.05) is 0 Å². The number of anilines is 1. The van der Waals surface area contributed by atoms with Crippen LogP contribution in [0.15, 0.2) is 18.3 Å². The molecule has 5 N–H and O–H groups in total. The molecule has 0 aliphatic rings. The van der Waals surface area contributed by atoms with Crippen LogP contribution in [0.4, 0.5) is 5.82 Å². The average Bonchev–Trinajstić information content (AvgIpc) is 2.34. The van der Waals surface area contributed by atoms with Gasteiger partial charge in [0.15, 0.2) is 0 Å². The van der Waals surface area contributed by atoms with Crippen LogP contribution in [0.25, 0.3) is 0 Å². The predicted molar refractivity (Wildman–Crippen MR) is 63.1 cm³/mol. The van der Waals surface area contributed by atoms with Crippen molar-refractivity contribution in [2.75, 3.05) is 18.5 Å². The summed E-state index contributed by atoms with van der Waals surface area (Å²) in [6, 6.07) is 3.21. The minimum absolute atomic E-state index is 0.126. The number of aromatic nitrogens is 1. The third-order valence-electron chi connectivity index (χ3n) is 1.96. The zero-order valence-corrected chi connectivity index (χ0v) is 9.49. The third-order valence-corrected chi connectivity index (χ3v) is 1.96. The van der Waals surface area contributed by atoms with Gasteiger partial charge in [0, 0.05) is 26.2 Å². The number of hydrazine groups is 1. The van der Waals surface area contributed by atoms with Gasteiger partial charge in [-0.05, 0) is 12.1 Å². The van der Waals surface area contributed by atoms with E-state index in [-0.39, 0.29) is 11.8 Å². The normalized spacial score (nSPS) is 9.53. The maximum absolute atomic E-state index is 11.6. The molecule has 1 heterocycles. The topological polar surface area (TPSA) is 109 Å². The Morgan fingerprint density at radius 3 is 2.53 bits per heavy atom. The van der Waals surface area contributed by atoms with Crippen LogP contribution in [-0.4, -0.2) is 29.9 Å². The van der Waals surface area contributed by atoms with Crippen LogP contribution in [0.1, 0.15) is 17.3 Å². The van der Waals surface area contributed by atoms with Crippen molar-refractivity contribution in [2.24, 2.45) is 5.84 Å². The third kappa shape index (κ3) is 4.47. The van der Waals surface area contributed by atoms with E-state index in [1.54, 1.807) is 12.1 Å². The molecular formula is C10H15N5O2. The van der Waals surface area contributed by atoms with E-state index in [4.69, 9.17) is 5.84 Å². The lowest BCUT2D eigenvalue weighted by molar-refractivity contribution is -0.118. The summed E-state index contributed by atoms with van der Waals surface area (Å²) in [5.41, 5.74) is 2.80. The number of nitrogen functional groups attached to an aromatic ring is 1. The molecule has 0 unspecified atom stereocenters. The van der Waals surface area contributed by atoms with Gasteiger partial charge in [-0.15, -0.1) is 0 Å². The molecule has 0 aliphatic heterocycles. The van der Waals surface area contributed by atoms with Crippen molar-refractivity contribution in [3.63, 3.8) is 0 Å². The lowest BCUT2D eigenvalue weighted by Gasteiger charge is -2.06. The molecule has 0 saturated heterocycles. The van der Waals surface area contributed by atoms with Crippen LogP contribution < -0.4 is 21.9 Å². The Morgan fingerprint density at radius 2 is 2.00 bits per heavy atom. The maximum Gasteiger partial charge on any atom is 0.252 e. The molecule has 0 spiro atoms. The molecule has 17 heavy (non-hydrogen) atoms. The highest BCUT2D eigenvalue weighted by atomic mass is 16.2. The summed E-state index contributed by atoms with van der Waals surface area (Å²) in [4.78, 5) is 26.1. The van der Waals surface area contributed by atoms with E-state index in [9.17, 15) is 9.59 Å². The number of hydrogen-bond donors (Lipinski definition) is 4. The minimum Gasteiger partial charge on any atom is -0.355 e. The van der Waals surface area contributed by atoms with Crippen molar-refractivity contribution in [3.05, 3.63) is 23.9 Å². The molecule has 1 aromatic rings. The highest BCUT2D eigenvalue weighted by Gasteiger charge is 2.04. The second kappa shape index (κ2) is 6.44. The summed E-state index contributed by atoms with van der Waals surface area (Å²) < 4.78 is 0. The summed E-state index contributed by atoms with van der Waals surface area (Å²) in [5, 5.41) is 5.22. The van der Waals surface area contributed by atoms with E-state index >= 15 is 0 Å². The summed E-state index contributed by atoms with van der Waals surface area (Å²) in [6.07, 6.45) is 1.42. The van der Waals surface area contributed by atoms with Gasteiger partial charge < -0.3 is 16.1 Å². The first kappa shape index (κ1) is 12.9. The number of amides is 2. The summed E-state index contributed by atoms with van der Waals surface area (Å²) in [5.74, 6) is 5.27. The van der Waals surface area contributed by atoms with Crippen molar-refractivity contribution in [1.82, 2.24) is 15.6 Å². The SMILES string of the molecule is CC(=O)NCCNC(=O)c1ccc(NN)nc1. The molecule has 1 aromatic heterocycles. The molecule has 0 aromatic carbocycles. The summed E-state index contributed by atoms with van der Waals surface area (Å²) >= 11 is 0. The second-order valence-electron chi connectivity index (χ2n) is 3.32. The average molecular weight is 237 g/mol. The minimum atomic E-state index is -0.244. The van der Waals surface area contributed by atoms with E-state index < -0.39 is 0 Å². The number of hydrogen-bond acceptors (Lipinski definition) is 5. The van der Waals surface area contributed by atoms with Crippen LogP contribution >= 0.6 is 0 Å². The van der Waals surface area contributed by atoms with Gasteiger partial charge in [0.2, 0.25) is 5.91 Å². The van der Waals surface area contributed by atoms with Gasteiger partial charge in [-0.2, -0.15) is 0 Å². The van der Waals surface area contributed by atoms with Gasteiger partial charge >= 0.3 is 0 Å². The molecule has 0 aliphatic carbocycles. The zero-order valence-electron chi connectivity index (χ0n) is 9.49. The standard InChI is InChI=1S/C10H15N5O2/c1-7(16)12-4-5-13-10(17)8-2-3-9(15-11)14-6-8/h2-3,6H,4-5,11H2,1H3,(H,12,16)(H,13,17)(H,14,15). The van der Waals surface area contributed by atoms with E-state index in [0.717, 1.165) is 0 Å². The number of pyridine rings is 1. The van der Waals surface area contributed by atoms with Crippen molar-refractivity contribution >= 4 is 17.6 Å². The van der Waals surface area contributed by atoms with Gasteiger partial charge in [0.25, 0.3) is 5.91 Å². The fourth-order valence-electron chi connectivity index (χ4n) is 1.13. The van der Waals surface area contributed by atoms with Gasteiger partial charge in [-0.25, -0.2) is 10.8 Å². The summed E-state index contributed by atoms with van der Waals surface area (Å²) in [7, 11) is 0. The van der Waals surface area contributed by atoms with Crippen molar-refractivity contribution in [1.29, 1.82) is 0 Å². The number of carbonyl (C=O) groups is 2. The number of nitrogens with zero attached hydrogens (tertiary/aromatic N) is 1. The van der Waals surface area contributed by atoms with E-state index in [1.165, 1.54) is 13.1 Å². The van der Waals surface area contributed by atoms with Crippen molar-refractivity contribution < 1.29 is 9.59 Å². The Balaban J connectivity index is 2.38. The molecule has 1 rings (SSSR count). The Hall–Kier alpha value is -2.15. The lowest BCUT2D eigenvalue weighted by atomic mass is 10.2. The van der Waals surface area contributed by atoms with Gasteiger partial charge in [0.1, 0.15) is 5.82 Å². The smallest absolute Gasteiger partial charge is 0.252 e. The summed E-state index contributed by atoms with van der Waals surface area (Å²) in [6.45, 7) is 2.19. The highest BCUT2D eigenvalue weighted by Crippen LogP contribution is 2.02. The highest BCUT2D eigenvalue weighted by molar-refractivity contribution is 5.94. The van der Waals surface area contributed by atoms with Crippen LogP contribution in [0, 0.1) is 0 Å². The first-order valence-electron chi connectivity index (χ1n) is 5.09. The van der Waals surface area contributed by atoms with E-state index in [0.29, 0.717) is 24.5 Å². The largest absolute Gasteiger partial charge is 0.355 e. The molecule has 2 amide bonds. The fourth-order valence-corrected chi connectivity index (χ4v) is 1.13. The Kier molecular flexibility index (Phi) is 4.89. The molecule has 0 saturated carbocycles. The molecule has 0 fully saturated rings. The van der Waals surface area contributed by atoms with Crippen LogP contribution in [-0.2, 0) is 4.79 Å². The Labute approximate surface area is 98.8 Å². The lowest BCUT2D eigenvalue weighted by Crippen LogP contribution is -2.33. The van der Waals surface area contributed by atoms with Gasteiger partial charge in [0.05, 0.1) is 5.56 Å². The fraction of sp³-hybridized carbons (Fsp3) is 0.300. The Bertz CT molecular complexity index is 390. The zero-order chi connectivity index (χ0) is 12.7. The predicted octanol–water partition coefficient (Wildman–Crippen LogP) is -0.767. The van der Waals surface area contributed by atoms with Gasteiger partial charge in [-0.3, -0.25) is 9.59 Å². The van der Waals surface area contributed by atoms with Crippen LogP contribution in [0.3, 0.4) is 0 Å². The number of rotatable bonds is 5. The first-order chi connectivity index (χ1) is 8.13. The molecule has 7 heteroatoms. The Morgan fingerprint density at radius 1 is 1.29 bits per heavy atom. The van der Waals surface area contributed by atoms with Crippen LogP contribution in [0.2, 0.25) is 0 Å². The monoisotopic (exact) mass is 237 g/mol. The van der Waals surface area contributed by atoms with Crippen molar-refractivity contribution in [3.8, 4) is 0 Å². The molecule has 0 atom stereocenters. The molecule has 0 bridgehead atoms. The maximum atomic E-state index is 11.6. The molecule has 92 valence electrons. The second-order valence-corrected chi connectivity index (χ2v) is 3.32. The quantitative estimate of drug-likeness (QED) is 0.305. The number of nitrogens with one attached hydrogen (secondary N) is 3. The molecule has 0 radical (unpaired) electrons. The van der Waals surface area contributed by atoms with Crippen molar-refractivity contribution in [2.45, 2.75) is 6.92 Å². The molecular weight excluding hydrogens is 222 g/mol. The first-order valence-corrected chi connectivity index (χ1v) is 5.09. The van der Waals surface area contributed by atoms with Crippen LogP contribution in [0.5, 0.6) is 0 Å².